The number of phenolic OH excluding ortho intramolecular Hbond substituents is 1. The van der Waals surface area contributed by atoms with Gasteiger partial charge in [0.2, 0.25) is 0 Å². The molecular weight excluding hydrogens is 668 g/mol. The fraction of sp³-hybridized carbons (Fsp3) is 0.486. The van der Waals surface area contributed by atoms with Crippen molar-refractivity contribution in [1.29, 1.82) is 0 Å². The zero-order chi connectivity index (χ0) is 27.3. The SMILES string of the molecule is C.C.C.C.CCC(C)c1ccccc1.CCC(C)c1ccccc1.CCOC.CO.CO.Oc1ccccc1.[W]. The van der Waals surface area contributed by atoms with Crippen molar-refractivity contribution in [2.45, 2.75) is 89.0 Å². The van der Waals surface area contributed by atoms with Gasteiger partial charge in [0, 0.05) is 49.0 Å². The minimum atomic E-state index is 0. The summed E-state index contributed by atoms with van der Waals surface area (Å²) in [4.78, 5) is 0. The second-order valence-corrected chi connectivity index (χ2v) is 7.35. The Labute approximate surface area is 265 Å². The van der Waals surface area contributed by atoms with Crippen LogP contribution in [0.2, 0.25) is 0 Å². The van der Waals surface area contributed by atoms with Crippen LogP contribution in [-0.4, -0.2) is 43.3 Å². The Balaban J connectivity index is -0.0000000541. The number of benzene rings is 3. The van der Waals surface area contributed by atoms with Crippen LogP contribution in [0.1, 0.15) is 100 Å². The zero-order valence-corrected chi connectivity index (χ0v) is 26.5. The number of aromatic hydroxyl groups is 1. The number of aliphatic hydroxyl groups is 2. The van der Waals surface area contributed by atoms with Gasteiger partial charge in [-0.25, -0.2) is 0 Å². The molecule has 0 aliphatic heterocycles. The van der Waals surface area contributed by atoms with Gasteiger partial charge >= 0.3 is 0 Å². The third kappa shape index (κ3) is 36.0. The van der Waals surface area contributed by atoms with Gasteiger partial charge in [0.15, 0.2) is 0 Å². The summed E-state index contributed by atoms with van der Waals surface area (Å²) >= 11 is 0. The Morgan fingerprint density at radius 1 is 0.550 bits per heavy atom. The Kier molecular flexibility index (Phi) is 67.7. The van der Waals surface area contributed by atoms with Gasteiger partial charge < -0.3 is 20.1 Å². The van der Waals surface area contributed by atoms with Crippen LogP contribution in [0.25, 0.3) is 0 Å². The van der Waals surface area contributed by atoms with E-state index in [9.17, 15) is 0 Å². The molecule has 0 amide bonds. The van der Waals surface area contributed by atoms with Crippen molar-refractivity contribution in [3.8, 4) is 5.75 Å². The molecule has 236 valence electrons. The van der Waals surface area contributed by atoms with Crippen molar-refractivity contribution in [3.05, 3.63) is 102 Å². The molecule has 0 aliphatic carbocycles. The molecular formula is C35H66O4W. The van der Waals surface area contributed by atoms with Gasteiger partial charge in [0.25, 0.3) is 0 Å². The molecule has 0 radical (unpaired) electrons. The summed E-state index contributed by atoms with van der Waals surface area (Å²) in [6.45, 7) is 11.7. The van der Waals surface area contributed by atoms with E-state index in [2.05, 4.69) is 93.1 Å². The van der Waals surface area contributed by atoms with Crippen LogP contribution in [0.4, 0.5) is 0 Å². The number of ether oxygens (including phenoxy) is 1. The Hall–Kier alpha value is -1.97. The smallest absolute Gasteiger partial charge is 0.115 e. The fourth-order valence-corrected chi connectivity index (χ4v) is 2.46. The van der Waals surface area contributed by atoms with E-state index in [1.807, 2.05) is 13.0 Å². The molecule has 3 N–H and O–H groups in total. The van der Waals surface area contributed by atoms with Gasteiger partial charge in [-0.15, -0.1) is 0 Å². The summed E-state index contributed by atoms with van der Waals surface area (Å²) in [5, 5.41) is 22.6. The number of hydrogen-bond donors (Lipinski definition) is 3. The van der Waals surface area contributed by atoms with E-state index in [-0.39, 0.29) is 50.8 Å². The minimum absolute atomic E-state index is 0. The quantitative estimate of drug-likeness (QED) is 0.244. The summed E-state index contributed by atoms with van der Waals surface area (Å²) in [7, 11) is 3.68. The molecule has 0 heterocycles. The van der Waals surface area contributed by atoms with E-state index in [1.165, 1.54) is 24.0 Å². The number of aliphatic hydroxyl groups excluding tert-OH is 2. The molecule has 0 spiro atoms. The van der Waals surface area contributed by atoms with E-state index < -0.39 is 0 Å². The van der Waals surface area contributed by atoms with Crippen molar-refractivity contribution in [3.63, 3.8) is 0 Å². The van der Waals surface area contributed by atoms with Crippen LogP contribution >= 0.6 is 0 Å². The van der Waals surface area contributed by atoms with Crippen LogP contribution in [0.15, 0.2) is 91.0 Å². The number of rotatable bonds is 5. The molecule has 4 nitrogen and oxygen atoms in total. The fourth-order valence-electron chi connectivity index (χ4n) is 2.46. The number of para-hydroxylation sites is 1. The van der Waals surface area contributed by atoms with Gasteiger partial charge in [0.05, 0.1) is 0 Å². The van der Waals surface area contributed by atoms with Crippen molar-refractivity contribution >= 4 is 0 Å². The van der Waals surface area contributed by atoms with Crippen LogP contribution in [-0.2, 0) is 25.8 Å². The van der Waals surface area contributed by atoms with Crippen molar-refractivity contribution in [2.75, 3.05) is 27.9 Å². The van der Waals surface area contributed by atoms with Crippen LogP contribution in [0, 0.1) is 0 Å². The summed E-state index contributed by atoms with van der Waals surface area (Å²) in [5.74, 6) is 1.74. The Morgan fingerprint density at radius 3 is 0.925 bits per heavy atom. The molecule has 3 rings (SSSR count). The summed E-state index contributed by atoms with van der Waals surface area (Å²) < 4.78 is 4.54. The van der Waals surface area contributed by atoms with Gasteiger partial charge in [-0.1, -0.05) is 136 Å². The average molecular weight is 735 g/mol. The Bertz CT molecular complexity index is 694. The van der Waals surface area contributed by atoms with Crippen LogP contribution in [0.3, 0.4) is 0 Å². The van der Waals surface area contributed by atoms with Crippen molar-refractivity contribution in [1.82, 2.24) is 0 Å². The molecule has 3 aromatic rings. The summed E-state index contributed by atoms with van der Waals surface area (Å²) in [5.41, 5.74) is 2.90. The summed E-state index contributed by atoms with van der Waals surface area (Å²) in [6, 6.07) is 30.0. The maximum Gasteiger partial charge on any atom is 0.115 e. The first-order valence-electron chi connectivity index (χ1n) is 12.2. The molecule has 0 bridgehead atoms. The molecule has 40 heavy (non-hydrogen) atoms. The number of phenols is 1. The topological polar surface area (TPSA) is 69.9 Å². The standard InChI is InChI=1S/2C10H14.C6H6O.C3H8O.2CH4O.4CH4.W/c2*1-3-9(2)10-7-5-4-6-8-10;7-6-4-2-1-3-5-6;1-3-4-2;2*1-2;;;;;/h2*4-9H,3H2,1-2H3;1-5,7H;3H2,1-2H3;2*2H,1H3;4*1H4;. The van der Waals surface area contributed by atoms with E-state index in [0.29, 0.717) is 17.6 Å². The summed E-state index contributed by atoms with van der Waals surface area (Å²) in [6.07, 6.45) is 2.45. The second-order valence-electron chi connectivity index (χ2n) is 7.35. The minimum Gasteiger partial charge on any atom is -0.508 e. The third-order valence-corrected chi connectivity index (χ3v) is 5.01. The monoisotopic (exact) mass is 734 g/mol. The molecule has 2 unspecified atom stereocenters. The molecule has 0 fully saturated rings. The van der Waals surface area contributed by atoms with E-state index in [4.69, 9.17) is 15.3 Å². The first kappa shape index (κ1) is 57.8. The number of hydrogen-bond acceptors (Lipinski definition) is 4. The third-order valence-electron chi connectivity index (χ3n) is 5.01. The predicted octanol–water partition coefficient (Wildman–Crippen LogP) is 10.2. The van der Waals surface area contributed by atoms with Crippen LogP contribution < -0.4 is 0 Å². The van der Waals surface area contributed by atoms with Gasteiger partial charge in [0.1, 0.15) is 5.75 Å². The number of methoxy groups -OCH3 is 1. The molecule has 3 aromatic carbocycles. The van der Waals surface area contributed by atoms with E-state index in [1.54, 1.807) is 31.4 Å². The molecule has 0 aromatic heterocycles. The molecule has 2 atom stereocenters. The predicted molar refractivity (Wildman–Crippen MR) is 179 cm³/mol. The largest absolute Gasteiger partial charge is 0.508 e. The van der Waals surface area contributed by atoms with Gasteiger partial charge in [-0.2, -0.15) is 0 Å². The van der Waals surface area contributed by atoms with Crippen molar-refractivity contribution < 1.29 is 41.1 Å². The maximum atomic E-state index is 8.63. The maximum absolute atomic E-state index is 8.63. The zero-order valence-electron chi connectivity index (χ0n) is 23.6. The first-order valence-corrected chi connectivity index (χ1v) is 12.2. The second kappa shape index (κ2) is 46.9. The van der Waals surface area contributed by atoms with Crippen LogP contribution in [0.5, 0.6) is 5.75 Å². The van der Waals surface area contributed by atoms with Gasteiger partial charge in [-0.3, -0.25) is 0 Å². The molecule has 0 saturated carbocycles. The first-order chi connectivity index (χ1) is 17.0. The normalized spacial score (nSPS) is 9.05. The molecule has 5 heteroatoms. The van der Waals surface area contributed by atoms with E-state index >= 15 is 0 Å². The van der Waals surface area contributed by atoms with Crippen molar-refractivity contribution in [2.24, 2.45) is 0 Å². The van der Waals surface area contributed by atoms with E-state index in [0.717, 1.165) is 20.8 Å². The average Bonchev–Trinajstić information content (AvgIpc) is 2.96. The Morgan fingerprint density at radius 2 is 0.775 bits per heavy atom. The molecule has 0 aliphatic rings. The molecule has 0 saturated heterocycles. The van der Waals surface area contributed by atoms with Gasteiger partial charge in [-0.05, 0) is 54.9 Å².